The van der Waals surface area contributed by atoms with Crippen LogP contribution in [-0.4, -0.2) is 26.2 Å². The minimum atomic E-state index is 0.410. The van der Waals surface area contributed by atoms with Gasteiger partial charge in [0, 0.05) is 6.04 Å². The summed E-state index contributed by atoms with van der Waals surface area (Å²) in [7, 11) is 0. The predicted molar refractivity (Wildman–Crippen MR) is 66.5 cm³/mol. The molecule has 0 aliphatic heterocycles. The molecule has 1 heterocycles. The topological polar surface area (TPSA) is 55.6 Å². The second-order valence-electron chi connectivity index (χ2n) is 5.04. The fourth-order valence-corrected chi connectivity index (χ4v) is 2.01. The zero-order valence-corrected chi connectivity index (χ0v) is 10.9. The van der Waals surface area contributed by atoms with E-state index < -0.39 is 0 Å². The third-order valence-electron chi connectivity index (χ3n) is 3.33. The summed E-state index contributed by atoms with van der Waals surface area (Å²) in [5.41, 5.74) is 0. The van der Waals surface area contributed by atoms with Gasteiger partial charge in [-0.1, -0.05) is 26.2 Å². The van der Waals surface area contributed by atoms with Gasteiger partial charge in [-0.15, -0.1) is 5.10 Å². The maximum atomic E-state index is 4.11. The van der Waals surface area contributed by atoms with Gasteiger partial charge in [-0.2, -0.15) is 0 Å². The lowest BCUT2D eigenvalue weighted by molar-refractivity contribution is 0.410. The molecule has 1 unspecified atom stereocenters. The van der Waals surface area contributed by atoms with Crippen molar-refractivity contribution in [1.82, 2.24) is 25.5 Å². The van der Waals surface area contributed by atoms with Gasteiger partial charge in [0.2, 0.25) is 0 Å². The number of nitrogens with one attached hydrogen (secondary N) is 1. The van der Waals surface area contributed by atoms with Crippen LogP contribution in [-0.2, 0) is 6.54 Å². The first-order chi connectivity index (χ1) is 8.31. The van der Waals surface area contributed by atoms with E-state index in [9.17, 15) is 0 Å². The molecule has 1 aliphatic rings. The monoisotopic (exact) mass is 237 g/mol. The van der Waals surface area contributed by atoms with Gasteiger partial charge in [0.15, 0.2) is 5.82 Å². The first kappa shape index (κ1) is 12.5. The van der Waals surface area contributed by atoms with Crippen molar-refractivity contribution in [3.63, 3.8) is 0 Å². The van der Waals surface area contributed by atoms with Gasteiger partial charge in [-0.25, -0.2) is 4.68 Å². The number of rotatable bonds is 8. The molecule has 5 nitrogen and oxygen atoms in total. The van der Waals surface area contributed by atoms with E-state index in [0.717, 1.165) is 18.8 Å². The number of hydrogen-bond acceptors (Lipinski definition) is 4. The van der Waals surface area contributed by atoms with Gasteiger partial charge in [0.1, 0.15) is 0 Å². The van der Waals surface area contributed by atoms with Crippen molar-refractivity contribution in [3.8, 4) is 0 Å². The Kier molecular flexibility index (Phi) is 4.48. The molecule has 1 aliphatic carbocycles. The van der Waals surface area contributed by atoms with Gasteiger partial charge in [0.25, 0.3) is 0 Å². The van der Waals surface area contributed by atoms with Crippen LogP contribution in [0.3, 0.4) is 0 Å². The van der Waals surface area contributed by atoms with Crippen LogP contribution < -0.4 is 5.32 Å². The smallest absolute Gasteiger partial charge is 0.165 e. The van der Waals surface area contributed by atoms with E-state index in [4.69, 9.17) is 0 Å². The van der Waals surface area contributed by atoms with Crippen molar-refractivity contribution < 1.29 is 0 Å². The lowest BCUT2D eigenvalue weighted by Gasteiger charge is -2.13. The molecule has 2 rings (SSSR count). The Morgan fingerprint density at radius 3 is 2.94 bits per heavy atom. The molecule has 96 valence electrons. The van der Waals surface area contributed by atoms with Crippen LogP contribution in [0, 0.1) is 0 Å². The lowest BCUT2D eigenvalue weighted by Crippen LogP contribution is -2.21. The average molecular weight is 237 g/mol. The number of hydrogen-bond donors (Lipinski definition) is 1. The molecule has 1 atom stereocenters. The summed E-state index contributed by atoms with van der Waals surface area (Å²) in [4.78, 5) is 0. The second kappa shape index (κ2) is 6.10. The molecule has 0 aromatic carbocycles. The van der Waals surface area contributed by atoms with E-state index in [1.165, 1.54) is 32.1 Å². The number of aromatic nitrogens is 4. The normalized spacial score (nSPS) is 17.3. The van der Waals surface area contributed by atoms with Gasteiger partial charge in [-0.05, 0) is 36.6 Å². The summed E-state index contributed by atoms with van der Waals surface area (Å²) in [5.74, 6) is 0.973. The van der Waals surface area contributed by atoms with E-state index >= 15 is 0 Å². The maximum absolute atomic E-state index is 4.11. The van der Waals surface area contributed by atoms with Crippen LogP contribution in [0.25, 0.3) is 0 Å². The highest BCUT2D eigenvalue weighted by Gasteiger charge is 2.21. The van der Waals surface area contributed by atoms with Crippen LogP contribution in [0.5, 0.6) is 0 Å². The van der Waals surface area contributed by atoms with Crippen LogP contribution in [0.15, 0.2) is 0 Å². The van der Waals surface area contributed by atoms with Gasteiger partial charge in [0.05, 0.1) is 12.6 Å². The maximum Gasteiger partial charge on any atom is 0.165 e. The molecule has 0 bridgehead atoms. The molecule has 5 heteroatoms. The molecular formula is C12H23N5. The molecule has 17 heavy (non-hydrogen) atoms. The summed E-state index contributed by atoms with van der Waals surface area (Å²) < 4.78 is 1.98. The molecule has 1 aromatic heterocycles. The Morgan fingerprint density at radius 1 is 1.41 bits per heavy atom. The molecule has 1 aromatic rings. The molecule has 1 fully saturated rings. The van der Waals surface area contributed by atoms with Crippen LogP contribution in [0.2, 0.25) is 0 Å². The fourth-order valence-electron chi connectivity index (χ4n) is 2.01. The predicted octanol–water partition coefficient (Wildman–Crippen LogP) is 2.07. The Hall–Kier alpha value is -0.970. The summed E-state index contributed by atoms with van der Waals surface area (Å²) in [6.45, 7) is 5.23. The van der Waals surface area contributed by atoms with E-state index in [0.29, 0.717) is 12.1 Å². The molecule has 0 spiro atoms. The zero-order valence-electron chi connectivity index (χ0n) is 10.9. The average Bonchev–Trinajstić information content (AvgIpc) is 3.04. The van der Waals surface area contributed by atoms with Crippen molar-refractivity contribution in [1.29, 1.82) is 0 Å². The van der Waals surface area contributed by atoms with Crippen molar-refractivity contribution in [2.45, 2.75) is 71.0 Å². The molecule has 0 radical (unpaired) electrons. The van der Waals surface area contributed by atoms with Gasteiger partial charge in [-0.3, -0.25) is 0 Å². The highest BCUT2D eigenvalue weighted by atomic mass is 15.6. The van der Waals surface area contributed by atoms with E-state index in [1.54, 1.807) is 0 Å². The number of unbranched alkanes of at least 4 members (excludes halogenated alkanes) is 2. The Labute approximate surface area is 103 Å². The molecular weight excluding hydrogens is 214 g/mol. The molecule has 0 amide bonds. The second-order valence-corrected chi connectivity index (χ2v) is 5.04. The minimum absolute atomic E-state index is 0.410. The molecule has 0 saturated heterocycles. The summed E-state index contributed by atoms with van der Waals surface area (Å²) in [5, 5.41) is 15.5. The van der Waals surface area contributed by atoms with Crippen molar-refractivity contribution in [3.05, 3.63) is 5.82 Å². The standard InChI is InChI=1S/C12H23N5/c1-3-4-5-6-10(2)17-12(14-15-16-17)9-13-11-7-8-11/h10-11,13H,3-9H2,1-2H3. The number of tetrazole rings is 1. The highest BCUT2D eigenvalue weighted by Crippen LogP contribution is 2.20. The fraction of sp³-hybridized carbons (Fsp3) is 0.917. The van der Waals surface area contributed by atoms with Crippen molar-refractivity contribution in [2.24, 2.45) is 0 Å². The molecule has 1 saturated carbocycles. The Bertz CT molecular complexity index is 331. The SMILES string of the molecule is CCCCCC(C)n1nnnc1CNC1CC1. The van der Waals surface area contributed by atoms with E-state index in [1.807, 2.05) is 4.68 Å². The highest BCUT2D eigenvalue weighted by molar-refractivity contribution is 4.88. The van der Waals surface area contributed by atoms with Gasteiger partial charge >= 0.3 is 0 Å². The first-order valence-electron chi connectivity index (χ1n) is 6.81. The Morgan fingerprint density at radius 2 is 2.24 bits per heavy atom. The largest absolute Gasteiger partial charge is 0.307 e. The van der Waals surface area contributed by atoms with E-state index in [2.05, 4.69) is 34.7 Å². The molecule has 1 N–H and O–H groups in total. The van der Waals surface area contributed by atoms with Crippen LogP contribution in [0.1, 0.15) is 64.2 Å². The third-order valence-corrected chi connectivity index (χ3v) is 3.33. The lowest BCUT2D eigenvalue weighted by atomic mass is 10.1. The van der Waals surface area contributed by atoms with Crippen molar-refractivity contribution >= 4 is 0 Å². The number of nitrogens with zero attached hydrogens (tertiary/aromatic N) is 4. The van der Waals surface area contributed by atoms with E-state index in [-0.39, 0.29) is 0 Å². The van der Waals surface area contributed by atoms with Gasteiger partial charge < -0.3 is 5.32 Å². The quantitative estimate of drug-likeness (QED) is 0.703. The minimum Gasteiger partial charge on any atom is -0.307 e. The summed E-state index contributed by atoms with van der Waals surface area (Å²) in [6.07, 6.45) is 7.57. The van der Waals surface area contributed by atoms with Crippen molar-refractivity contribution in [2.75, 3.05) is 0 Å². The summed E-state index contributed by atoms with van der Waals surface area (Å²) in [6, 6.07) is 1.11. The third kappa shape index (κ3) is 3.77. The van der Waals surface area contributed by atoms with Crippen LogP contribution >= 0.6 is 0 Å². The van der Waals surface area contributed by atoms with Crippen LogP contribution in [0.4, 0.5) is 0 Å². The Balaban J connectivity index is 1.82. The summed E-state index contributed by atoms with van der Waals surface area (Å²) >= 11 is 0. The first-order valence-corrected chi connectivity index (χ1v) is 6.81. The zero-order chi connectivity index (χ0) is 12.1.